The van der Waals surface area contributed by atoms with Gasteiger partial charge >= 0.3 is 6.18 Å². The van der Waals surface area contributed by atoms with Gasteiger partial charge in [0, 0.05) is 17.7 Å². The number of nitrogens with zero attached hydrogens (tertiary/aromatic N) is 6. The highest BCUT2D eigenvalue weighted by Crippen LogP contribution is 2.39. The first kappa shape index (κ1) is 23.1. The molecular weight excluding hydrogens is 483 g/mol. The normalized spacial score (nSPS) is 14.8. The van der Waals surface area contributed by atoms with Crippen molar-refractivity contribution in [1.29, 1.82) is 0 Å². The van der Waals surface area contributed by atoms with Crippen molar-refractivity contribution in [2.75, 3.05) is 0 Å². The topological polar surface area (TPSA) is 93.9 Å². The summed E-state index contributed by atoms with van der Waals surface area (Å²) >= 11 is 0. The van der Waals surface area contributed by atoms with E-state index in [-0.39, 0.29) is 0 Å². The SMILES string of the molecule is FC(F)(F)c1ccc(Oc2ccc(-c3cnc4c(-c5nnn[nH]5)cnn4c3C3CCCCC3)cc2)cc1. The number of fused-ring (bicyclic) bond motifs is 1. The monoisotopic (exact) mass is 505 g/mol. The van der Waals surface area contributed by atoms with Gasteiger partial charge in [0.25, 0.3) is 0 Å². The average Bonchev–Trinajstić information content (AvgIpc) is 3.59. The summed E-state index contributed by atoms with van der Waals surface area (Å²) in [5.74, 6) is 1.70. The first-order chi connectivity index (χ1) is 18.0. The van der Waals surface area contributed by atoms with E-state index in [9.17, 15) is 13.2 Å². The maximum Gasteiger partial charge on any atom is 0.416 e. The van der Waals surface area contributed by atoms with Crippen LogP contribution in [-0.4, -0.2) is 35.2 Å². The van der Waals surface area contributed by atoms with Crippen molar-refractivity contribution in [3.63, 3.8) is 0 Å². The Balaban J connectivity index is 1.34. The molecule has 0 amide bonds. The maximum atomic E-state index is 12.8. The van der Waals surface area contributed by atoms with Gasteiger partial charge in [-0.25, -0.2) is 14.6 Å². The van der Waals surface area contributed by atoms with Crippen LogP contribution in [0.3, 0.4) is 0 Å². The number of halogens is 3. The summed E-state index contributed by atoms with van der Waals surface area (Å²) in [5, 5.41) is 18.8. The van der Waals surface area contributed by atoms with Gasteiger partial charge in [0.2, 0.25) is 0 Å². The van der Waals surface area contributed by atoms with Gasteiger partial charge in [0.15, 0.2) is 11.5 Å². The maximum absolute atomic E-state index is 12.8. The van der Waals surface area contributed by atoms with E-state index in [0.29, 0.717) is 28.9 Å². The molecule has 0 atom stereocenters. The minimum absolute atomic E-state index is 0.331. The molecule has 1 saturated carbocycles. The van der Waals surface area contributed by atoms with Crippen LogP contribution < -0.4 is 4.74 Å². The molecule has 1 fully saturated rings. The Labute approximate surface area is 209 Å². The minimum atomic E-state index is -4.38. The largest absolute Gasteiger partial charge is 0.457 e. The molecule has 3 aromatic heterocycles. The molecule has 1 N–H and O–H groups in total. The number of aromatic amines is 1. The number of tetrazole rings is 1. The smallest absolute Gasteiger partial charge is 0.416 e. The van der Waals surface area contributed by atoms with Gasteiger partial charge < -0.3 is 4.74 Å². The fraction of sp³-hybridized carbons (Fsp3) is 0.269. The number of ether oxygens (including phenoxy) is 1. The number of hydrogen-bond acceptors (Lipinski definition) is 6. The molecule has 1 aliphatic rings. The summed E-state index contributed by atoms with van der Waals surface area (Å²) in [6.45, 7) is 0. The summed E-state index contributed by atoms with van der Waals surface area (Å²) in [5.41, 5.74) is 3.73. The third kappa shape index (κ3) is 4.52. The lowest BCUT2D eigenvalue weighted by Gasteiger charge is -2.25. The fourth-order valence-electron chi connectivity index (χ4n) is 4.93. The van der Waals surface area contributed by atoms with Gasteiger partial charge in [-0.1, -0.05) is 31.4 Å². The number of alkyl halides is 3. The van der Waals surface area contributed by atoms with Crippen LogP contribution in [0.2, 0.25) is 0 Å². The molecule has 0 aliphatic heterocycles. The van der Waals surface area contributed by atoms with Crippen LogP contribution in [0.5, 0.6) is 11.5 Å². The molecular formula is C26H22F3N7O. The van der Waals surface area contributed by atoms with Crippen LogP contribution in [0.15, 0.2) is 60.9 Å². The molecule has 0 bridgehead atoms. The fourth-order valence-corrected chi connectivity index (χ4v) is 4.93. The van der Waals surface area contributed by atoms with Crippen molar-refractivity contribution in [2.45, 2.75) is 44.2 Å². The lowest BCUT2D eigenvalue weighted by atomic mass is 9.84. The van der Waals surface area contributed by atoms with Crippen LogP contribution in [0, 0.1) is 0 Å². The van der Waals surface area contributed by atoms with E-state index in [0.717, 1.165) is 60.2 Å². The quantitative estimate of drug-likeness (QED) is 0.296. The lowest BCUT2D eigenvalue weighted by Crippen LogP contribution is -2.12. The summed E-state index contributed by atoms with van der Waals surface area (Å²) in [6.07, 6.45) is 4.89. The van der Waals surface area contributed by atoms with Crippen molar-refractivity contribution in [2.24, 2.45) is 0 Å². The molecule has 188 valence electrons. The van der Waals surface area contributed by atoms with Crippen molar-refractivity contribution in [1.82, 2.24) is 35.2 Å². The lowest BCUT2D eigenvalue weighted by molar-refractivity contribution is -0.137. The average molecular weight is 506 g/mol. The van der Waals surface area contributed by atoms with Crippen molar-refractivity contribution in [3.8, 4) is 34.0 Å². The summed E-state index contributed by atoms with van der Waals surface area (Å²) in [6, 6.07) is 12.1. The summed E-state index contributed by atoms with van der Waals surface area (Å²) < 4.78 is 46.2. The molecule has 2 aromatic carbocycles. The number of benzene rings is 2. The van der Waals surface area contributed by atoms with Gasteiger partial charge in [-0.3, -0.25) is 0 Å². The van der Waals surface area contributed by atoms with Crippen LogP contribution in [0.4, 0.5) is 13.2 Å². The van der Waals surface area contributed by atoms with Gasteiger partial charge in [-0.2, -0.15) is 18.3 Å². The van der Waals surface area contributed by atoms with E-state index in [4.69, 9.17) is 9.72 Å². The highest BCUT2D eigenvalue weighted by molar-refractivity contribution is 5.75. The summed E-state index contributed by atoms with van der Waals surface area (Å²) in [4.78, 5) is 4.71. The van der Waals surface area contributed by atoms with Gasteiger partial charge in [0.1, 0.15) is 11.5 Å². The predicted molar refractivity (Wildman–Crippen MR) is 129 cm³/mol. The van der Waals surface area contributed by atoms with E-state index in [2.05, 4.69) is 25.7 Å². The number of hydrogen-bond donors (Lipinski definition) is 1. The zero-order valence-corrected chi connectivity index (χ0v) is 19.6. The van der Waals surface area contributed by atoms with E-state index < -0.39 is 11.7 Å². The highest BCUT2D eigenvalue weighted by atomic mass is 19.4. The molecule has 37 heavy (non-hydrogen) atoms. The highest BCUT2D eigenvalue weighted by Gasteiger charge is 2.30. The van der Waals surface area contributed by atoms with Crippen molar-refractivity contribution >= 4 is 5.65 Å². The Hall–Kier alpha value is -4.28. The Morgan fingerprint density at radius 3 is 2.22 bits per heavy atom. The summed E-state index contributed by atoms with van der Waals surface area (Å²) in [7, 11) is 0. The van der Waals surface area contributed by atoms with Crippen LogP contribution in [0.1, 0.15) is 49.3 Å². The molecule has 0 unspecified atom stereocenters. The first-order valence-corrected chi connectivity index (χ1v) is 12.0. The Morgan fingerprint density at radius 1 is 0.865 bits per heavy atom. The molecule has 5 aromatic rings. The third-order valence-electron chi connectivity index (χ3n) is 6.74. The Kier molecular flexibility index (Phi) is 5.82. The van der Waals surface area contributed by atoms with Crippen LogP contribution >= 0.6 is 0 Å². The second-order valence-electron chi connectivity index (χ2n) is 9.08. The molecule has 11 heteroatoms. The third-order valence-corrected chi connectivity index (χ3v) is 6.74. The molecule has 0 spiro atoms. The van der Waals surface area contributed by atoms with E-state index >= 15 is 0 Å². The molecule has 0 saturated heterocycles. The number of nitrogens with one attached hydrogen (secondary N) is 1. The standard InChI is InChI=1S/C26H22F3N7O/c27-26(28,29)18-8-12-20(13-9-18)37-19-10-6-16(7-11-19)21-14-30-25-22(24-32-34-35-33-24)15-31-36(25)23(21)17-4-2-1-3-5-17/h6-15,17H,1-5H2,(H,32,33,34,35). The Bertz CT molecular complexity index is 1510. The minimum Gasteiger partial charge on any atom is -0.457 e. The van der Waals surface area contributed by atoms with Crippen molar-refractivity contribution < 1.29 is 17.9 Å². The second-order valence-corrected chi connectivity index (χ2v) is 9.08. The second kappa shape index (κ2) is 9.30. The van der Waals surface area contributed by atoms with Crippen LogP contribution in [-0.2, 0) is 6.18 Å². The molecule has 0 radical (unpaired) electrons. The first-order valence-electron chi connectivity index (χ1n) is 12.0. The van der Waals surface area contributed by atoms with Crippen LogP contribution in [0.25, 0.3) is 28.2 Å². The molecule has 6 rings (SSSR count). The molecule has 1 aliphatic carbocycles. The number of aromatic nitrogens is 7. The van der Waals surface area contributed by atoms with Crippen molar-refractivity contribution in [3.05, 3.63) is 72.2 Å². The van der Waals surface area contributed by atoms with E-state index in [1.165, 1.54) is 18.6 Å². The Morgan fingerprint density at radius 2 is 1.57 bits per heavy atom. The van der Waals surface area contributed by atoms with Gasteiger partial charge in [-0.05, 0) is 65.2 Å². The van der Waals surface area contributed by atoms with E-state index in [1.54, 1.807) is 18.3 Å². The predicted octanol–water partition coefficient (Wildman–Crippen LogP) is 6.44. The zero-order valence-electron chi connectivity index (χ0n) is 19.6. The number of H-pyrrole nitrogens is 1. The van der Waals surface area contributed by atoms with Gasteiger partial charge in [-0.15, -0.1) is 5.10 Å². The molecule has 3 heterocycles. The van der Waals surface area contributed by atoms with Gasteiger partial charge in [0.05, 0.1) is 23.0 Å². The van der Waals surface area contributed by atoms with E-state index in [1.807, 2.05) is 22.8 Å². The zero-order chi connectivity index (χ0) is 25.4. The molecule has 8 nitrogen and oxygen atoms in total. The number of rotatable bonds is 5.